The lowest BCUT2D eigenvalue weighted by Crippen LogP contribution is -2.21. The molecule has 0 saturated heterocycles. The van der Waals surface area contributed by atoms with Gasteiger partial charge in [-0.25, -0.2) is 13.6 Å². The second-order valence-corrected chi connectivity index (χ2v) is 3.54. The van der Waals surface area contributed by atoms with Crippen molar-refractivity contribution in [2.24, 2.45) is 0 Å². The van der Waals surface area contributed by atoms with Crippen molar-refractivity contribution in [1.82, 2.24) is 4.98 Å². The number of hydrogen-bond donors (Lipinski definition) is 2. The predicted octanol–water partition coefficient (Wildman–Crippen LogP) is 1.62. The molecule has 1 aromatic heterocycles. The third kappa shape index (κ3) is 2.08. The molecule has 1 rings (SSSR count). The molecule has 0 saturated carbocycles. The summed E-state index contributed by atoms with van der Waals surface area (Å²) in [5.41, 5.74) is -2.11. The van der Waals surface area contributed by atoms with E-state index < -0.39 is 29.2 Å². The standard InChI is InChI=1S/C7H4F2INO3/c8-5(9)3-1-2(10)4(7(13)14)6(12)11-3/h1,5H,(H,11,12)(H,13,14). The van der Waals surface area contributed by atoms with Gasteiger partial charge in [0.05, 0.1) is 5.69 Å². The molecule has 0 spiro atoms. The Morgan fingerprint density at radius 1 is 1.57 bits per heavy atom. The van der Waals surface area contributed by atoms with Crippen molar-refractivity contribution < 1.29 is 18.7 Å². The van der Waals surface area contributed by atoms with Gasteiger partial charge in [-0.3, -0.25) is 4.79 Å². The molecule has 0 aliphatic rings. The molecule has 0 aliphatic heterocycles. The number of rotatable bonds is 2. The van der Waals surface area contributed by atoms with E-state index in [2.05, 4.69) is 0 Å². The Labute approximate surface area is 90.1 Å². The van der Waals surface area contributed by atoms with Gasteiger partial charge < -0.3 is 10.1 Å². The van der Waals surface area contributed by atoms with E-state index in [1.54, 1.807) is 4.98 Å². The first-order chi connectivity index (χ1) is 6.43. The quantitative estimate of drug-likeness (QED) is 0.815. The number of nitrogens with one attached hydrogen (secondary N) is 1. The highest BCUT2D eigenvalue weighted by Gasteiger charge is 2.17. The van der Waals surface area contributed by atoms with Crippen LogP contribution in [0, 0.1) is 3.57 Å². The highest BCUT2D eigenvalue weighted by atomic mass is 127. The lowest BCUT2D eigenvalue weighted by Gasteiger charge is -2.02. The zero-order valence-electron chi connectivity index (χ0n) is 6.55. The highest BCUT2D eigenvalue weighted by molar-refractivity contribution is 14.1. The number of halogens is 3. The van der Waals surface area contributed by atoms with Crippen molar-refractivity contribution >= 4 is 28.6 Å². The first-order valence-electron chi connectivity index (χ1n) is 3.37. The van der Waals surface area contributed by atoms with Gasteiger partial charge in [0.15, 0.2) is 0 Å². The summed E-state index contributed by atoms with van der Waals surface area (Å²) >= 11 is 1.53. The number of H-pyrrole nitrogens is 1. The average Bonchev–Trinajstić information content (AvgIpc) is 2.01. The van der Waals surface area contributed by atoms with E-state index in [0.29, 0.717) is 0 Å². The molecule has 0 atom stereocenters. The second kappa shape index (κ2) is 4.03. The van der Waals surface area contributed by atoms with Gasteiger partial charge in [-0.1, -0.05) is 0 Å². The Morgan fingerprint density at radius 2 is 2.14 bits per heavy atom. The van der Waals surface area contributed by atoms with Crippen LogP contribution in [0.5, 0.6) is 0 Å². The van der Waals surface area contributed by atoms with Crippen LogP contribution in [-0.4, -0.2) is 16.1 Å². The average molecular weight is 315 g/mol. The van der Waals surface area contributed by atoms with Gasteiger partial charge in [0.2, 0.25) is 0 Å². The van der Waals surface area contributed by atoms with Gasteiger partial charge >= 0.3 is 5.97 Å². The third-order valence-electron chi connectivity index (χ3n) is 1.45. The molecule has 0 aliphatic carbocycles. The summed E-state index contributed by atoms with van der Waals surface area (Å²) in [5.74, 6) is -1.43. The number of carboxylic acid groups (broad SMARTS) is 1. The minimum atomic E-state index is -2.82. The molecule has 0 aromatic carbocycles. The van der Waals surface area contributed by atoms with Crippen molar-refractivity contribution in [2.45, 2.75) is 6.43 Å². The minimum Gasteiger partial charge on any atom is -0.477 e. The number of alkyl halides is 2. The van der Waals surface area contributed by atoms with Gasteiger partial charge in [0, 0.05) is 3.57 Å². The summed E-state index contributed by atoms with van der Waals surface area (Å²) in [6.07, 6.45) is -2.82. The fourth-order valence-electron chi connectivity index (χ4n) is 0.864. The first-order valence-corrected chi connectivity index (χ1v) is 4.45. The zero-order chi connectivity index (χ0) is 10.9. The monoisotopic (exact) mass is 315 g/mol. The first kappa shape index (κ1) is 11.1. The van der Waals surface area contributed by atoms with E-state index in [0.717, 1.165) is 6.07 Å². The number of aromatic nitrogens is 1. The van der Waals surface area contributed by atoms with Crippen molar-refractivity contribution in [3.8, 4) is 0 Å². The van der Waals surface area contributed by atoms with Crippen LogP contribution in [0.2, 0.25) is 0 Å². The smallest absolute Gasteiger partial charge is 0.342 e. The molecule has 2 N–H and O–H groups in total. The van der Waals surface area contributed by atoms with Crippen LogP contribution in [0.4, 0.5) is 8.78 Å². The molecule has 1 aromatic rings. The van der Waals surface area contributed by atoms with E-state index in [1.165, 1.54) is 22.6 Å². The van der Waals surface area contributed by atoms with Crippen LogP contribution in [0.1, 0.15) is 22.5 Å². The fraction of sp³-hybridized carbons (Fsp3) is 0.143. The Morgan fingerprint density at radius 3 is 2.50 bits per heavy atom. The summed E-state index contributed by atoms with van der Waals surface area (Å²) in [5, 5.41) is 8.56. The van der Waals surface area contributed by atoms with Crippen molar-refractivity contribution in [2.75, 3.05) is 0 Å². The summed E-state index contributed by atoms with van der Waals surface area (Å²) in [6.45, 7) is 0. The largest absolute Gasteiger partial charge is 0.477 e. The molecule has 0 amide bonds. The second-order valence-electron chi connectivity index (χ2n) is 2.38. The van der Waals surface area contributed by atoms with Crippen LogP contribution in [-0.2, 0) is 0 Å². The molecular weight excluding hydrogens is 311 g/mol. The van der Waals surface area contributed by atoms with Crippen LogP contribution in [0.15, 0.2) is 10.9 Å². The molecule has 1 heterocycles. The van der Waals surface area contributed by atoms with Gasteiger partial charge in [-0.05, 0) is 28.7 Å². The lowest BCUT2D eigenvalue weighted by atomic mass is 10.2. The van der Waals surface area contributed by atoms with E-state index in [-0.39, 0.29) is 3.57 Å². The number of hydrogen-bond acceptors (Lipinski definition) is 2. The normalized spacial score (nSPS) is 10.6. The number of aromatic carboxylic acids is 1. The zero-order valence-corrected chi connectivity index (χ0v) is 8.71. The van der Waals surface area contributed by atoms with E-state index >= 15 is 0 Å². The van der Waals surface area contributed by atoms with Gasteiger partial charge in [-0.15, -0.1) is 0 Å². The summed E-state index contributed by atoms with van der Waals surface area (Å²) < 4.78 is 24.3. The van der Waals surface area contributed by atoms with E-state index in [1.807, 2.05) is 0 Å². The number of carboxylic acids is 1. The van der Waals surface area contributed by atoms with Crippen LogP contribution >= 0.6 is 22.6 Å². The van der Waals surface area contributed by atoms with Crippen molar-refractivity contribution in [3.05, 3.63) is 31.2 Å². The molecule has 0 radical (unpaired) electrons. The predicted molar refractivity (Wildman–Crippen MR) is 51.7 cm³/mol. The molecular formula is C7H4F2INO3. The van der Waals surface area contributed by atoms with Crippen LogP contribution in [0.25, 0.3) is 0 Å². The van der Waals surface area contributed by atoms with E-state index in [9.17, 15) is 18.4 Å². The molecule has 4 nitrogen and oxygen atoms in total. The maximum absolute atomic E-state index is 12.1. The highest BCUT2D eigenvalue weighted by Crippen LogP contribution is 2.18. The SMILES string of the molecule is O=C(O)c1c(I)cc(C(F)F)[nH]c1=O. The van der Waals surface area contributed by atoms with Crippen LogP contribution in [0.3, 0.4) is 0 Å². The number of aromatic amines is 1. The fourth-order valence-corrected chi connectivity index (χ4v) is 1.67. The number of carbonyl (C=O) groups is 1. The van der Waals surface area contributed by atoms with Gasteiger partial charge in [0.1, 0.15) is 5.56 Å². The molecule has 14 heavy (non-hydrogen) atoms. The Balaban J connectivity index is 3.40. The molecule has 0 fully saturated rings. The molecule has 0 unspecified atom stereocenters. The maximum Gasteiger partial charge on any atom is 0.342 e. The van der Waals surface area contributed by atoms with Crippen molar-refractivity contribution in [3.63, 3.8) is 0 Å². The maximum atomic E-state index is 12.1. The summed E-state index contributed by atoms with van der Waals surface area (Å²) in [6, 6.07) is 0.941. The van der Waals surface area contributed by atoms with E-state index in [4.69, 9.17) is 5.11 Å². The lowest BCUT2D eigenvalue weighted by molar-refractivity contribution is 0.0693. The Kier molecular flexibility index (Phi) is 3.19. The Bertz CT molecular complexity index is 429. The molecule has 7 heteroatoms. The molecule has 76 valence electrons. The summed E-state index contributed by atoms with van der Waals surface area (Å²) in [7, 11) is 0. The number of pyridine rings is 1. The third-order valence-corrected chi connectivity index (χ3v) is 2.31. The molecule has 0 bridgehead atoms. The van der Waals surface area contributed by atoms with Gasteiger partial charge in [0.25, 0.3) is 12.0 Å². The topological polar surface area (TPSA) is 70.2 Å². The summed E-state index contributed by atoms with van der Waals surface area (Å²) in [4.78, 5) is 23.3. The van der Waals surface area contributed by atoms with Gasteiger partial charge in [-0.2, -0.15) is 0 Å². The minimum absolute atomic E-state index is 0.00542. The Hall–Kier alpha value is -0.990. The van der Waals surface area contributed by atoms with Crippen LogP contribution < -0.4 is 5.56 Å². The van der Waals surface area contributed by atoms with Crippen molar-refractivity contribution in [1.29, 1.82) is 0 Å².